The molecule has 1 aliphatic rings. The van der Waals surface area contributed by atoms with E-state index >= 15 is 0 Å². The van der Waals surface area contributed by atoms with Crippen molar-refractivity contribution in [2.24, 2.45) is 0 Å². The highest BCUT2D eigenvalue weighted by atomic mass is 79.9. The van der Waals surface area contributed by atoms with Gasteiger partial charge in [0.25, 0.3) is 5.91 Å². The maximum Gasteiger partial charge on any atom is 0.264 e. The molecule has 1 amide bonds. The topological polar surface area (TPSA) is 29.5 Å². The number of carbonyl (C=O) groups excluding carboxylic acids is 1. The molecule has 0 saturated carbocycles. The van der Waals surface area contributed by atoms with Crippen LogP contribution in [0.15, 0.2) is 15.9 Å². The minimum atomic E-state index is 0.110. The Balaban J connectivity index is 2.14. The van der Waals surface area contributed by atoms with E-state index in [4.69, 9.17) is 4.74 Å². The fourth-order valence-electron chi connectivity index (χ4n) is 1.76. The van der Waals surface area contributed by atoms with Gasteiger partial charge in [0.2, 0.25) is 0 Å². The SMILES string of the molecule is C[C@@H]1CN(C(=O)c2ccc(Br)s2)[C@H](C)CO1. The molecule has 0 spiro atoms. The van der Waals surface area contributed by atoms with Gasteiger partial charge in [-0.1, -0.05) is 0 Å². The van der Waals surface area contributed by atoms with Crippen LogP contribution >= 0.6 is 27.3 Å². The van der Waals surface area contributed by atoms with E-state index in [1.165, 1.54) is 11.3 Å². The van der Waals surface area contributed by atoms with Gasteiger partial charge in [0.1, 0.15) is 0 Å². The Hall–Kier alpha value is -0.390. The van der Waals surface area contributed by atoms with Crippen molar-refractivity contribution in [3.63, 3.8) is 0 Å². The molecule has 2 atom stereocenters. The molecule has 0 unspecified atom stereocenters. The first-order valence-corrected chi connectivity index (χ1v) is 6.87. The van der Waals surface area contributed by atoms with Crippen molar-refractivity contribution >= 4 is 33.2 Å². The maximum atomic E-state index is 12.2. The third kappa shape index (κ3) is 2.47. The van der Waals surface area contributed by atoms with Gasteiger partial charge < -0.3 is 9.64 Å². The molecule has 16 heavy (non-hydrogen) atoms. The molecule has 0 aromatic carbocycles. The Morgan fingerprint density at radius 1 is 1.56 bits per heavy atom. The molecule has 0 aliphatic carbocycles. The zero-order valence-corrected chi connectivity index (χ0v) is 11.7. The number of halogens is 1. The Labute approximate surface area is 108 Å². The molecule has 1 aliphatic heterocycles. The highest BCUT2D eigenvalue weighted by Gasteiger charge is 2.28. The van der Waals surface area contributed by atoms with Gasteiger partial charge in [0.15, 0.2) is 0 Å². The largest absolute Gasteiger partial charge is 0.375 e. The van der Waals surface area contributed by atoms with Crippen LogP contribution in [0.1, 0.15) is 23.5 Å². The zero-order chi connectivity index (χ0) is 11.7. The molecule has 1 aromatic rings. The van der Waals surface area contributed by atoms with Gasteiger partial charge in [-0.25, -0.2) is 0 Å². The van der Waals surface area contributed by atoms with Crippen LogP contribution in [-0.4, -0.2) is 36.1 Å². The third-order valence-electron chi connectivity index (χ3n) is 2.65. The summed E-state index contributed by atoms with van der Waals surface area (Å²) in [6, 6.07) is 3.93. The highest BCUT2D eigenvalue weighted by molar-refractivity contribution is 9.11. The number of hydrogen-bond acceptors (Lipinski definition) is 3. The number of amides is 1. The molecule has 0 N–H and O–H groups in total. The summed E-state index contributed by atoms with van der Waals surface area (Å²) in [5.41, 5.74) is 0. The van der Waals surface area contributed by atoms with Crippen molar-refractivity contribution in [1.82, 2.24) is 4.90 Å². The fourth-order valence-corrected chi connectivity index (χ4v) is 3.10. The van der Waals surface area contributed by atoms with E-state index in [-0.39, 0.29) is 18.1 Å². The first-order chi connectivity index (χ1) is 7.58. The lowest BCUT2D eigenvalue weighted by Gasteiger charge is -2.36. The van der Waals surface area contributed by atoms with Crippen molar-refractivity contribution < 1.29 is 9.53 Å². The van der Waals surface area contributed by atoms with Crippen LogP contribution in [0.5, 0.6) is 0 Å². The minimum Gasteiger partial charge on any atom is -0.375 e. The molecule has 5 heteroatoms. The number of rotatable bonds is 1. The Kier molecular flexibility index (Phi) is 3.66. The lowest BCUT2D eigenvalue weighted by atomic mass is 10.2. The van der Waals surface area contributed by atoms with E-state index in [1.807, 2.05) is 30.9 Å². The molecule has 2 rings (SSSR count). The number of carbonyl (C=O) groups is 1. The van der Waals surface area contributed by atoms with E-state index in [1.54, 1.807) is 0 Å². The van der Waals surface area contributed by atoms with Crippen molar-refractivity contribution in [2.45, 2.75) is 26.0 Å². The fraction of sp³-hybridized carbons (Fsp3) is 0.545. The smallest absolute Gasteiger partial charge is 0.264 e. The van der Waals surface area contributed by atoms with Gasteiger partial charge in [0, 0.05) is 6.54 Å². The predicted octanol–water partition coefficient (Wildman–Crippen LogP) is 2.76. The van der Waals surface area contributed by atoms with Crippen LogP contribution in [0.4, 0.5) is 0 Å². The van der Waals surface area contributed by atoms with Crippen LogP contribution in [0, 0.1) is 0 Å². The van der Waals surface area contributed by atoms with Crippen LogP contribution < -0.4 is 0 Å². The van der Waals surface area contributed by atoms with Crippen LogP contribution in [0.3, 0.4) is 0 Å². The molecule has 1 saturated heterocycles. The molecule has 2 heterocycles. The number of hydrogen-bond donors (Lipinski definition) is 0. The van der Waals surface area contributed by atoms with Gasteiger partial charge in [0.05, 0.1) is 27.4 Å². The summed E-state index contributed by atoms with van der Waals surface area (Å²) in [6.45, 7) is 5.32. The summed E-state index contributed by atoms with van der Waals surface area (Å²) in [5, 5.41) is 0. The van der Waals surface area contributed by atoms with E-state index in [0.29, 0.717) is 13.2 Å². The molecule has 88 valence electrons. The summed E-state index contributed by atoms with van der Waals surface area (Å²) in [5.74, 6) is 0.110. The Morgan fingerprint density at radius 2 is 2.31 bits per heavy atom. The third-order valence-corrected chi connectivity index (χ3v) is 4.26. The molecular formula is C11H14BrNO2S. The number of ether oxygens (including phenoxy) is 1. The number of morpholine rings is 1. The Bertz CT molecular complexity index is 393. The highest BCUT2D eigenvalue weighted by Crippen LogP contribution is 2.25. The van der Waals surface area contributed by atoms with E-state index in [9.17, 15) is 4.79 Å². The van der Waals surface area contributed by atoms with Crippen molar-refractivity contribution in [1.29, 1.82) is 0 Å². The van der Waals surface area contributed by atoms with Gasteiger partial charge in [-0.05, 0) is 41.9 Å². The summed E-state index contributed by atoms with van der Waals surface area (Å²) < 4.78 is 6.50. The molecule has 1 aromatic heterocycles. The maximum absolute atomic E-state index is 12.2. The van der Waals surface area contributed by atoms with Gasteiger partial charge in [-0.3, -0.25) is 4.79 Å². The average molecular weight is 304 g/mol. The van der Waals surface area contributed by atoms with Crippen molar-refractivity contribution in [3.8, 4) is 0 Å². The van der Waals surface area contributed by atoms with Crippen molar-refractivity contribution in [2.75, 3.05) is 13.2 Å². The molecule has 0 radical (unpaired) electrons. The lowest BCUT2D eigenvalue weighted by molar-refractivity contribution is -0.0385. The summed E-state index contributed by atoms with van der Waals surface area (Å²) in [7, 11) is 0. The second-order valence-electron chi connectivity index (χ2n) is 4.05. The van der Waals surface area contributed by atoms with Crippen LogP contribution in [0.2, 0.25) is 0 Å². The monoisotopic (exact) mass is 303 g/mol. The van der Waals surface area contributed by atoms with Gasteiger partial charge in [-0.2, -0.15) is 0 Å². The summed E-state index contributed by atoms with van der Waals surface area (Å²) in [6.07, 6.45) is 0.128. The normalized spacial score (nSPS) is 25.8. The first kappa shape index (κ1) is 12.1. The van der Waals surface area contributed by atoms with Gasteiger partial charge >= 0.3 is 0 Å². The summed E-state index contributed by atoms with van der Waals surface area (Å²) in [4.78, 5) is 14.9. The van der Waals surface area contributed by atoms with E-state index in [2.05, 4.69) is 15.9 Å². The number of nitrogens with zero attached hydrogens (tertiary/aromatic N) is 1. The first-order valence-electron chi connectivity index (χ1n) is 5.26. The standard InChI is InChI=1S/C11H14BrNO2S/c1-7-6-15-8(2)5-13(7)11(14)9-3-4-10(12)16-9/h3-4,7-8H,5-6H2,1-2H3/t7-,8-/m1/s1. The molecule has 3 nitrogen and oxygen atoms in total. The molecular weight excluding hydrogens is 290 g/mol. The Morgan fingerprint density at radius 3 is 2.94 bits per heavy atom. The second kappa shape index (κ2) is 4.85. The second-order valence-corrected chi connectivity index (χ2v) is 6.52. The summed E-state index contributed by atoms with van der Waals surface area (Å²) >= 11 is 4.85. The van der Waals surface area contributed by atoms with Gasteiger partial charge in [-0.15, -0.1) is 11.3 Å². The van der Waals surface area contributed by atoms with Crippen molar-refractivity contribution in [3.05, 3.63) is 20.8 Å². The van der Waals surface area contributed by atoms with Crippen LogP contribution in [-0.2, 0) is 4.74 Å². The predicted molar refractivity (Wildman–Crippen MR) is 67.9 cm³/mol. The molecule has 0 bridgehead atoms. The van der Waals surface area contributed by atoms with Crippen LogP contribution in [0.25, 0.3) is 0 Å². The van der Waals surface area contributed by atoms with E-state index in [0.717, 1.165) is 8.66 Å². The quantitative estimate of drug-likeness (QED) is 0.798. The minimum absolute atomic E-state index is 0.110. The lowest BCUT2D eigenvalue weighted by Crippen LogP contribution is -2.50. The number of thiophene rings is 1. The zero-order valence-electron chi connectivity index (χ0n) is 9.27. The average Bonchev–Trinajstić information content (AvgIpc) is 2.67. The van der Waals surface area contributed by atoms with E-state index < -0.39 is 0 Å². The molecule has 1 fully saturated rings.